The monoisotopic (exact) mass is 283 g/mol. The van der Waals surface area contributed by atoms with Crippen molar-refractivity contribution in [1.82, 2.24) is 14.5 Å². The van der Waals surface area contributed by atoms with Crippen LogP contribution in [0.1, 0.15) is 16.7 Å². The number of H-pyrrole nitrogens is 1. The highest BCUT2D eigenvalue weighted by atomic mass is 32.1. The first-order chi connectivity index (χ1) is 9.65. The van der Waals surface area contributed by atoms with Crippen LogP contribution in [-0.2, 0) is 13.0 Å². The summed E-state index contributed by atoms with van der Waals surface area (Å²) in [5, 5.41) is 0. The van der Waals surface area contributed by atoms with Crippen LogP contribution in [0.4, 0.5) is 0 Å². The van der Waals surface area contributed by atoms with E-state index in [9.17, 15) is 0 Å². The summed E-state index contributed by atoms with van der Waals surface area (Å²) in [5.41, 5.74) is 5.78. The van der Waals surface area contributed by atoms with E-state index in [4.69, 9.17) is 12.2 Å². The van der Waals surface area contributed by atoms with E-state index < -0.39 is 0 Å². The Morgan fingerprint density at radius 3 is 2.90 bits per heavy atom. The van der Waals surface area contributed by atoms with Crippen molar-refractivity contribution in [3.63, 3.8) is 0 Å². The van der Waals surface area contributed by atoms with Gasteiger partial charge in [0.2, 0.25) is 0 Å². The number of aromatic nitrogens is 3. The second kappa shape index (κ2) is 5.21. The van der Waals surface area contributed by atoms with Crippen LogP contribution in [0.15, 0.2) is 36.5 Å². The summed E-state index contributed by atoms with van der Waals surface area (Å²) in [5.74, 6) is 0. The van der Waals surface area contributed by atoms with Crippen molar-refractivity contribution in [2.45, 2.75) is 26.8 Å². The normalized spacial score (nSPS) is 11.1. The number of aromatic amines is 1. The van der Waals surface area contributed by atoms with Crippen molar-refractivity contribution >= 4 is 23.4 Å². The molecule has 3 aromatic rings. The summed E-state index contributed by atoms with van der Waals surface area (Å²) >= 11 is 5.42. The summed E-state index contributed by atoms with van der Waals surface area (Å²) < 4.78 is 2.83. The summed E-state index contributed by atoms with van der Waals surface area (Å²) in [6.07, 6.45) is 2.79. The molecule has 2 heterocycles. The lowest BCUT2D eigenvalue weighted by atomic mass is 10.1. The van der Waals surface area contributed by atoms with E-state index in [1.165, 1.54) is 16.7 Å². The van der Waals surface area contributed by atoms with Crippen LogP contribution in [0, 0.1) is 18.6 Å². The fourth-order valence-electron chi connectivity index (χ4n) is 2.49. The van der Waals surface area contributed by atoms with Gasteiger partial charge >= 0.3 is 0 Å². The van der Waals surface area contributed by atoms with Crippen molar-refractivity contribution in [2.24, 2.45) is 0 Å². The summed E-state index contributed by atoms with van der Waals surface area (Å²) in [6.45, 7) is 5.03. The van der Waals surface area contributed by atoms with E-state index in [1.807, 2.05) is 12.3 Å². The zero-order valence-corrected chi connectivity index (χ0v) is 12.5. The molecule has 0 unspecified atom stereocenters. The van der Waals surface area contributed by atoms with Gasteiger partial charge in [0, 0.05) is 12.7 Å². The van der Waals surface area contributed by atoms with Crippen LogP contribution < -0.4 is 0 Å². The number of fused-ring (bicyclic) bond motifs is 1. The summed E-state index contributed by atoms with van der Waals surface area (Å²) in [6, 6.07) is 10.6. The van der Waals surface area contributed by atoms with Gasteiger partial charge in [-0.25, -0.2) is 4.98 Å². The van der Waals surface area contributed by atoms with Gasteiger partial charge < -0.3 is 9.55 Å². The van der Waals surface area contributed by atoms with Crippen LogP contribution in [0.2, 0.25) is 0 Å². The lowest BCUT2D eigenvalue weighted by molar-refractivity contribution is 0.700. The minimum atomic E-state index is 0.745. The Kier molecular flexibility index (Phi) is 3.40. The maximum absolute atomic E-state index is 5.42. The van der Waals surface area contributed by atoms with Crippen molar-refractivity contribution in [3.05, 3.63) is 58.0 Å². The van der Waals surface area contributed by atoms with E-state index >= 15 is 0 Å². The first kappa shape index (κ1) is 13.1. The number of rotatable bonds is 3. The van der Waals surface area contributed by atoms with Crippen LogP contribution in [-0.4, -0.2) is 14.5 Å². The number of pyridine rings is 1. The third-order valence-corrected chi connectivity index (χ3v) is 3.90. The molecule has 3 rings (SSSR count). The molecule has 20 heavy (non-hydrogen) atoms. The molecule has 102 valence electrons. The van der Waals surface area contributed by atoms with Gasteiger partial charge in [0.05, 0.1) is 5.52 Å². The molecule has 0 fully saturated rings. The molecular weight excluding hydrogens is 266 g/mol. The molecule has 0 bridgehead atoms. The van der Waals surface area contributed by atoms with Crippen LogP contribution in [0.25, 0.3) is 11.2 Å². The minimum absolute atomic E-state index is 0.745. The smallest absolute Gasteiger partial charge is 0.179 e. The second-order valence-electron chi connectivity index (χ2n) is 5.15. The predicted octanol–water partition coefficient (Wildman–Crippen LogP) is 3.95. The predicted molar refractivity (Wildman–Crippen MR) is 84.5 cm³/mol. The zero-order valence-electron chi connectivity index (χ0n) is 11.7. The van der Waals surface area contributed by atoms with E-state index in [2.05, 4.69) is 52.6 Å². The van der Waals surface area contributed by atoms with Crippen molar-refractivity contribution in [3.8, 4) is 0 Å². The molecule has 0 aliphatic carbocycles. The molecule has 0 spiro atoms. The van der Waals surface area contributed by atoms with Gasteiger partial charge in [0.25, 0.3) is 0 Å². The van der Waals surface area contributed by atoms with Crippen molar-refractivity contribution < 1.29 is 0 Å². The standard InChI is InChI=1S/C16H17N3S/c1-11-4-3-5-13(10-11)7-9-19-15-14(18-16(19)20)12(2)6-8-17-15/h3-6,8,10H,7,9H2,1-2H3,(H,18,20). The third kappa shape index (κ3) is 2.39. The second-order valence-corrected chi connectivity index (χ2v) is 5.53. The van der Waals surface area contributed by atoms with Gasteiger partial charge in [-0.3, -0.25) is 0 Å². The molecule has 0 amide bonds. The lowest BCUT2D eigenvalue weighted by Gasteiger charge is -2.05. The van der Waals surface area contributed by atoms with Crippen LogP contribution >= 0.6 is 12.2 Å². The molecule has 0 saturated heterocycles. The first-order valence-electron chi connectivity index (χ1n) is 6.75. The molecule has 1 aromatic carbocycles. The average Bonchev–Trinajstić information content (AvgIpc) is 2.74. The van der Waals surface area contributed by atoms with Gasteiger partial charge in [-0.15, -0.1) is 0 Å². The summed E-state index contributed by atoms with van der Waals surface area (Å²) in [4.78, 5) is 7.72. The van der Waals surface area contributed by atoms with E-state index in [-0.39, 0.29) is 0 Å². The Bertz CT molecular complexity index is 814. The molecule has 0 radical (unpaired) electrons. The molecule has 2 aromatic heterocycles. The molecule has 3 nitrogen and oxygen atoms in total. The fraction of sp³-hybridized carbons (Fsp3) is 0.250. The SMILES string of the molecule is Cc1cccc(CCn2c(=S)[nH]c3c(C)ccnc32)c1. The highest BCUT2D eigenvalue weighted by Gasteiger charge is 2.07. The Labute approximate surface area is 123 Å². The van der Waals surface area contributed by atoms with Gasteiger partial charge in [0.15, 0.2) is 10.4 Å². The molecular formula is C16H17N3S. The zero-order chi connectivity index (χ0) is 14.1. The maximum atomic E-state index is 5.42. The minimum Gasteiger partial charge on any atom is -0.329 e. The first-order valence-corrected chi connectivity index (χ1v) is 7.15. The van der Waals surface area contributed by atoms with Crippen LogP contribution in [0.5, 0.6) is 0 Å². The largest absolute Gasteiger partial charge is 0.329 e. The molecule has 1 N–H and O–H groups in total. The van der Waals surface area contributed by atoms with Crippen molar-refractivity contribution in [1.29, 1.82) is 0 Å². The molecule has 0 saturated carbocycles. The fourth-order valence-corrected chi connectivity index (χ4v) is 2.77. The van der Waals surface area contributed by atoms with Gasteiger partial charge in [0.1, 0.15) is 0 Å². The molecule has 0 atom stereocenters. The Balaban J connectivity index is 1.93. The summed E-state index contributed by atoms with van der Waals surface area (Å²) in [7, 11) is 0. The number of aryl methyl sites for hydroxylation is 4. The van der Waals surface area contributed by atoms with Gasteiger partial charge in [-0.1, -0.05) is 29.8 Å². The van der Waals surface area contributed by atoms with Gasteiger partial charge in [-0.2, -0.15) is 0 Å². The Morgan fingerprint density at radius 1 is 1.25 bits per heavy atom. The number of imidazole rings is 1. The maximum Gasteiger partial charge on any atom is 0.179 e. The van der Waals surface area contributed by atoms with E-state index in [0.29, 0.717) is 0 Å². The van der Waals surface area contributed by atoms with Crippen molar-refractivity contribution in [2.75, 3.05) is 0 Å². The molecule has 0 aliphatic heterocycles. The lowest BCUT2D eigenvalue weighted by Crippen LogP contribution is -2.02. The third-order valence-electron chi connectivity index (χ3n) is 3.58. The highest BCUT2D eigenvalue weighted by Crippen LogP contribution is 2.16. The Morgan fingerprint density at radius 2 is 2.10 bits per heavy atom. The Hall–Kier alpha value is -1.94. The number of benzene rings is 1. The van der Waals surface area contributed by atoms with E-state index in [0.717, 1.165) is 28.9 Å². The molecule has 0 aliphatic rings. The average molecular weight is 283 g/mol. The van der Waals surface area contributed by atoms with Gasteiger partial charge in [-0.05, 0) is 49.7 Å². The number of nitrogens with zero attached hydrogens (tertiary/aromatic N) is 2. The quantitative estimate of drug-likeness (QED) is 0.738. The van der Waals surface area contributed by atoms with E-state index in [1.54, 1.807) is 0 Å². The van der Waals surface area contributed by atoms with Crippen LogP contribution in [0.3, 0.4) is 0 Å². The highest BCUT2D eigenvalue weighted by molar-refractivity contribution is 7.71. The number of nitrogens with one attached hydrogen (secondary N) is 1. The number of hydrogen-bond acceptors (Lipinski definition) is 2. The number of hydrogen-bond donors (Lipinski definition) is 1. The topological polar surface area (TPSA) is 33.6 Å². The molecule has 4 heteroatoms.